The van der Waals surface area contributed by atoms with E-state index in [2.05, 4.69) is 5.32 Å². The van der Waals surface area contributed by atoms with E-state index in [1.54, 1.807) is 24.3 Å². The largest absolute Gasteiger partial charge is 0.451 e. The molecule has 0 aliphatic heterocycles. The number of hydrogen-bond donors (Lipinski definition) is 1. The highest BCUT2D eigenvalue weighted by Gasteiger charge is 2.17. The first-order chi connectivity index (χ1) is 9.63. The van der Waals surface area contributed by atoms with Gasteiger partial charge < -0.3 is 10.1 Å². The first kappa shape index (κ1) is 14.5. The fraction of sp³-hybridized carbons (Fsp3) is 0.250. The highest BCUT2D eigenvalue weighted by molar-refractivity contribution is 5.41. The molecule has 0 amide bonds. The summed E-state index contributed by atoms with van der Waals surface area (Å²) in [5, 5.41) is 3.19. The summed E-state index contributed by atoms with van der Waals surface area (Å²) in [6, 6.07) is 10.6. The Balaban J connectivity index is 2.38. The first-order valence-corrected chi connectivity index (χ1v) is 6.57. The third-order valence-corrected chi connectivity index (χ3v) is 3.02. The van der Waals surface area contributed by atoms with Crippen molar-refractivity contribution in [1.29, 1.82) is 0 Å². The lowest BCUT2D eigenvalue weighted by molar-refractivity contribution is 0.403. The second-order valence-electron chi connectivity index (χ2n) is 4.47. The number of benzene rings is 2. The monoisotopic (exact) mass is 277 g/mol. The van der Waals surface area contributed by atoms with Crippen molar-refractivity contribution in [3.05, 3.63) is 59.7 Å². The van der Waals surface area contributed by atoms with Gasteiger partial charge in [-0.3, -0.25) is 0 Å². The highest BCUT2D eigenvalue weighted by atomic mass is 19.1. The lowest BCUT2D eigenvalue weighted by Gasteiger charge is -2.18. The van der Waals surface area contributed by atoms with E-state index in [4.69, 9.17) is 4.74 Å². The lowest BCUT2D eigenvalue weighted by atomic mass is 10.1. The van der Waals surface area contributed by atoms with Crippen LogP contribution in [-0.4, -0.2) is 6.54 Å². The molecule has 106 valence electrons. The first-order valence-electron chi connectivity index (χ1n) is 6.57. The maximum atomic E-state index is 14.0. The summed E-state index contributed by atoms with van der Waals surface area (Å²) in [5.41, 5.74) is 0.662. The number of hydrogen-bond acceptors (Lipinski definition) is 2. The molecule has 1 unspecified atom stereocenters. The lowest BCUT2D eigenvalue weighted by Crippen LogP contribution is -2.18. The number of halogens is 2. The van der Waals surface area contributed by atoms with Crippen LogP contribution in [0.4, 0.5) is 8.78 Å². The molecule has 1 atom stereocenters. The van der Waals surface area contributed by atoms with Gasteiger partial charge in [0, 0.05) is 11.6 Å². The minimum atomic E-state index is -0.516. The van der Waals surface area contributed by atoms with Crippen molar-refractivity contribution in [2.45, 2.75) is 19.9 Å². The predicted octanol–water partition coefficient (Wildman–Crippen LogP) is 4.43. The average molecular weight is 277 g/mol. The van der Waals surface area contributed by atoms with E-state index in [9.17, 15) is 8.78 Å². The fourth-order valence-corrected chi connectivity index (χ4v) is 2.03. The number of rotatable bonds is 5. The molecule has 0 aromatic heterocycles. The van der Waals surface area contributed by atoms with Gasteiger partial charge in [-0.15, -0.1) is 0 Å². The molecule has 0 saturated heterocycles. The van der Waals surface area contributed by atoms with Crippen LogP contribution in [0.2, 0.25) is 0 Å². The fourth-order valence-electron chi connectivity index (χ4n) is 2.03. The minimum Gasteiger partial charge on any atom is -0.451 e. The van der Waals surface area contributed by atoms with Crippen LogP contribution in [0.3, 0.4) is 0 Å². The molecule has 2 aromatic carbocycles. The normalized spacial score (nSPS) is 12.2. The standard InChI is InChI=1S/C16H17F2NO/c1-3-19-11(2)12-7-6-9-14(18)16(12)20-15-10-5-4-8-13(15)17/h4-11,19H,3H2,1-2H3. The van der Waals surface area contributed by atoms with Crippen LogP contribution in [0.15, 0.2) is 42.5 Å². The van der Waals surface area contributed by atoms with Gasteiger partial charge in [0.1, 0.15) is 0 Å². The zero-order chi connectivity index (χ0) is 14.5. The Labute approximate surface area is 117 Å². The van der Waals surface area contributed by atoms with Crippen LogP contribution in [-0.2, 0) is 0 Å². The second kappa shape index (κ2) is 6.48. The van der Waals surface area contributed by atoms with E-state index in [0.29, 0.717) is 5.56 Å². The third-order valence-electron chi connectivity index (χ3n) is 3.02. The van der Waals surface area contributed by atoms with Gasteiger partial charge in [-0.25, -0.2) is 8.78 Å². The van der Waals surface area contributed by atoms with Gasteiger partial charge in [0.2, 0.25) is 0 Å². The molecule has 0 spiro atoms. The van der Waals surface area contributed by atoms with Crippen molar-refractivity contribution in [2.24, 2.45) is 0 Å². The minimum absolute atomic E-state index is 0.0162. The summed E-state index contributed by atoms with van der Waals surface area (Å²) >= 11 is 0. The molecule has 1 N–H and O–H groups in total. The van der Waals surface area contributed by atoms with Gasteiger partial charge in [-0.05, 0) is 31.7 Å². The topological polar surface area (TPSA) is 21.3 Å². The van der Waals surface area contributed by atoms with Crippen LogP contribution in [0, 0.1) is 11.6 Å². The Morgan fingerprint density at radius 3 is 2.45 bits per heavy atom. The van der Waals surface area contributed by atoms with Gasteiger partial charge in [0.15, 0.2) is 23.1 Å². The van der Waals surface area contributed by atoms with Gasteiger partial charge >= 0.3 is 0 Å². The third kappa shape index (κ3) is 3.14. The summed E-state index contributed by atoms with van der Waals surface area (Å²) in [6.07, 6.45) is 0. The molecule has 4 heteroatoms. The van der Waals surface area contributed by atoms with Crippen molar-refractivity contribution in [1.82, 2.24) is 5.32 Å². The van der Waals surface area contributed by atoms with E-state index in [-0.39, 0.29) is 17.5 Å². The van der Waals surface area contributed by atoms with E-state index < -0.39 is 11.6 Å². The summed E-state index contributed by atoms with van der Waals surface area (Å²) in [7, 11) is 0. The van der Waals surface area contributed by atoms with E-state index in [1.807, 2.05) is 13.8 Å². The van der Waals surface area contributed by atoms with Gasteiger partial charge in [0.05, 0.1) is 0 Å². The van der Waals surface area contributed by atoms with Crippen LogP contribution < -0.4 is 10.1 Å². The van der Waals surface area contributed by atoms with Crippen LogP contribution >= 0.6 is 0 Å². The highest BCUT2D eigenvalue weighted by Crippen LogP contribution is 2.33. The predicted molar refractivity (Wildman–Crippen MR) is 75.0 cm³/mol. The summed E-state index contributed by atoms with van der Waals surface area (Å²) in [4.78, 5) is 0. The van der Waals surface area contributed by atoms with Gasteiger partial charge in [-0.1, -0.05) is 31.2 Å². The Kier molecular flexibility index (Phi) is 4.69. The van der Waals surface area contributed by atoms with Crippen molar-refractivity contribution >= 4 is 0 Å². The molecule has 20 heavy (non-hydrogen) atoms. The molecule has 0 bridgehead atoms. The second-order valence-corrected chi connectivity index (χ2v) is 4.47. The SMILES string of the molecule is CCNC(C)c1cccc(F)c1Oc1ccccc1F. The smallest absolute Gasteiger partial charge is 0.167 e. The number of nitrogens with one attached hydrogen (secondary N) is 1. The Morgan fingerprint density at radius 1 is 1.05 bits per heavy atom. The van der Waals surface area contributed by atoms with E-state index in [1.165, 1.54) is 18.2 Å². The number of ether oxygens (including phenoxy) is 1. The Morgan fingerprint density at radius 2 is 1.75 bits per heavy atom. The zero-order valence-electron chi connectivity index (χ0n) is 11.5. The van der Waals surface area contributed by atoms with Crippen LogP contribution in [0.25, 0.3) is 0 Å². The van der Waals surface area contributed by atoms with Gasteiger partial charge in [-0.2, -0.15) is 0 Å². The molecule has 0 radical (unpaired) electrons. The van der Waals surface area contributed by atoms with Crippen LogP contribution in [0.1, 0.15) is 25.5 Å². The van der Waals surface area contributed by atoms with Crippen LogP contribution in [0.5, 0.6) is 11.5 Å². The molecule has 0 heterocycles. The maximum Gasteiger partial charge on any atom is 0.167 e. The zero-order valence-corrected chi connectivity index (χ0v) is 11.5. The molecule has 2 rings (SSSR count). The van der Waals surface area contributed by atoms with Crippen molar-refractivity contribution in [3.8, 4) is 11.5 Å². The average Bonchev–Trinajstić information content (AvgIpc) is 2.43. The van der Waals surface area contributed by atoms with Crippen molar-refractivity contribution < 1.29 is 13.5 Å². The quantitative estimate of drug-likeness (QED) is 0.873. The molecule has 0 fully saturated rings. The van der Waals surface area contributed by atoms with Crippen molar-refractivity contribution in [2.75, 3.05) is 6.54 Å². The molecule has 2 aromatic rings. The van der Waals surface area contributed by atoms with Gasteiger partial charge in [0.25, 0.3) is 0 Å². The van der Waals surface area contributed by atoms with E-state index in [0.717, 1.165) is 6.54 Å². The molecule has 0 saturated carbocycles. The number of para-hydroxylation sites is 2. The summed E-state index contributed by atoms with van der Waals surface area (Å²) in [5.74, 6) is -0.943. The molecular weight excluding hydrogens is 260 g/mol. The molecule has 0 aliphatic carbocycles. The van der Waals surface area contributed by atoms with Crippen molar-refractivity contribution in [3.63, 3.8) is 0 Å². The summed E-state index contributed by atoms with van der Waals surface area (Å²) < 4.78 is 33.1. The molecular formula is C16H17F2NO. The molecule has 2 nitrogen and oxygen atoms in total. The molecule has 0 aliphatic rings. The van der Waals surface area contributed by atoms with E-state index >= 15 is 0 Å². The summed E-state index contributed by atoms with van der Waals surface area (Å²) in [6.45, 7) is 4.62. The Hall–Kier alpha value is -1.94. The maximum absolute atomic E-state index is 14.0. The Bertz CT molecular complexity index is 586.